The van der Waals surface area contributed by atoms with Crippen LogP contribution in [0.5, 0.6) is 0 Å². The van der Waals surface area contributed by atoms with Gasteiger partial charge in [-0.1, -0.05) is 29.8 Å². The summed E-state index contributed by atoms with van der Waals surface area (Å²) >= 11 is 6.07. The molecule has 6 rings (SSSR count). The number of nitrogens with zero attached hydrogens (tertiary/aromatic N) is 3. The largest absolute Gasteiger partial charge is 0.383 e. The molecule has 1 aliphatic heterocycles. The van der Waals surface area contributed by atoms with Crippen molar-refractivity contribution in [1.29, 1.82) is 0 Å². The number of benzene rings is 2. The minimum atomic E-state index is -4.10. The molecule has 1 aliphatic carbocycles. The maximum atomic E-state index is 15.4. The van der Waals surface area contributed by atoms with Crippen LogP contribution in [0.25, 0.3) is 22.2 Å². The smallest absolute Gasteiger partial charge is 0.263 e. The number of nitrogens with two attached hydrogens (primary N) is 1. The summed E-state index contributed by atoms with van der Waals surface area (Å²) in [4.78, 5) is 4.42. The van der Waals surface area contributed by atoms with E-state index in [4.69, 9.17) is 27.2 Å². The Morgan fingerprint density at radius 1 is 1.10 bits per heavy atom. The number of hydrogen-bond acceptors (Lipinski definition) is 7. The van der Waals surface area contributed by atoms with Crippen LogP contribution in [0.2, 0.25) is 5.02 Å². The van der Waals surface area contributed by atoms with Gasteiger partial charge in [-0.05, 0) is 75.3 Å². The SMILES string of the molecule is CC(C)n1nc(-c2ccc(NS(=O)(=O)c3ccccc3Cl)c(F)c2)c2c(N)ncc([C@H]3CC[C@H](NC4COC4)CC3)c21. The lowest BCUT2D eigenvalue weighted by atomic mass is 9.81. The zero-order chi connectivity index (χ0) is 29.6. The van der Waals surface area contributed by atoms with Crippen LogP contribution >= 0.6 is 11.6 Å². The summed E-state index contributed by atoms with van der Waals surface area (Å²) in [6.07, 6.45) is 6.02. The van der Waals surface area contributed by atoms with E-state index in [1.807, 2.05) is 24.7 Å². The van der Waals surface area contributed by atoms with Gasteiger partial charge in [0.2, 0.25) is 0 Å². The maximum Gasteiger partial charge on any atom is 0.263 e. The van der Waals surface area contributed by atoms with Crippen LogP contribution in [-0.4, -0.2) is 48.5 Å². The van der Waals surface area contributed by atoms with Crippen molar-refractivity contribution in [3.63, 3.8) is 0 Å². The minimum absolute atomic E-state index is 0.0185. The number of anilines is 2. The number of aromatic nitrogens is 3. The van der Waals surface area contributed by atoms with Crippen LogP contribution in [0.15, 0.2) is 53.6 Å². The number of fused-ring (bicyclic) bond motifs is 1. The van der Waals surface area contributed by atoms with E-state index in [0.717, 1.165) is 50.0 Å². The van der Waals surface area contributed by atoms with Crippen LogP contribution in [0, 0.1) is 5.82 Å². The molecule has 0 spiro atoms. The van der Waals surface area contributed by atoms with Crippen LogP contribution in [-0.2, 0) is 14.8 Å². The Bertz CT molecular complexity index is 1730. The Labute approximate surface area is 249 Å². The highest BCUT2D eigenvalue weighted by atomic mass is 35.5. The summed E-state index contributed by atoms with van der Waals surface area (Å²) in [6, 6.07) is 11.2. The highest BCUT2D eigenvalue weighted by Gasteiger charge is 2.30. The summed E-state index contributed by atoms with van der Waals surface area (Å²) in [5.74, 6) is -0.127. The molecular weight excluding hydrogens is 579 g/mol. The molecule has 4 N–H and O–H groups in total. The second kappa shape index (κ2) is 11.4. The number of nitrogen functional groups attached to an aromatic ring is 1. The predicted octanol–water partition coefficient (Wildman–Crippen LogP) is 5.87. The van der Waals surface area contributed by atoms with Crippen molar-refractivity contribution >= 4 is 44.0 Å². The Hall–Kier alpha value is -3.25. The normalized spacial score (nSPS) is 19.7. The van der Waals surface area contributed by atoms with E-state index in [-0.39, 0.29) is 21.6 Å². The quantitative estimate of drug-likeness (QED) is 0.227. The second-order valence-electron chi connectivity index (χ2n) is 11.4. The van der Waals surface area contributed by atoms with Gasteiger partial charge >= 0.3 is 0 Å². The van der Waals surface area contributed by atoms with Crippen LogP contribution in [0.1, 0.15) is 57.1 Å². The van der Waals surface area contributed by atoms with Gasteiger partial charge in [-0.25, -0.2) is 17.8 Å². The molecule has 1 saturated carbocycles. The molecule has 4 aromatic rings. The monoisotopic (exact) mass is 612 g/mol. The average molecular weight is 613 g/mol. The summed E-state index contributed by atoms with van der Waals surface area (Å²) in [5.41, 5.74) is 9.24. The zero-order valence-electron chi connectivity index (χ0n) is 23.5. The fraction of sp³-hybridized carbons (Fsp3) is 0.400. The summed E-state index contributed by atoms with van der Waals surface area (Å²) < 4.78 is 50.8. The van der Waals surface area contributed by atoms with E-state index in [9.17, 15) is 8.42 Å². The first kappa shape index (κ1) is 28.9. The Morgan fingerprint density at radius 2 is 1.83 bits per heavy atom. The molecule has 2 aromatic carbocycles. The molecule has 9 nitrogen and oxygen atoms in total. The van der Waals surface area contributed by atoms with Gasteiger partial charge in [-0.3, -0.25) is 9.40 Å². The Balaban J connectivity index is 1.33. The van der Waals surface area contributed by atoms with E-state index in [1.54, 1.807) is 18.2 Å². The molecule has 0 unspecified atom stereocenters. The van der Waals surface area contributed by atoms with Crippen LogP contribution in [0.4, 0.5) is 15.9 Å². The molecular formula is C30H34ClFN6O3S. The van der Waals surface area contributed by atoms with Gasteiger partial charge in [-0.2, -0.15) is 5.10 Å². The summed E-state index contributed by atoms with van der Waals surface area (Å²) in [5, 5.41) is 9.33. The van der Waals surface area contributed by atoms with E-state index in [1.165, 1.54) is 24.3 Å². The Kier molecular flexibility index (Phi) is 7.86. The molecule has 0 radical (unpaired) electrons. The van der Waals surface area contributed by atoms with Crippen LogP contribution < -0.4 is 15.8 Å². The van der Waals surface area contributed by atoms with Crippen molar-refractivity contribution in [2.75, 3.05) is 23.7 Å². The van der Waals surface area contributed by atoms with Crippen molar-refractivity contribution in [2.24, 2.45) is 0 Å². The maximum absolute atomic E-state index is 15.4. The highest BCUT2D eigenvalue weighted by Crippen LogP contribution is 2.42. The van der Waals surface area contributed by atoms with E-state index in [2.05, 4.69) is 15.0 Å². The molecule has 2 fully saturated rings. The van der Waals surface area contributed by atoms with Crippen molar-refractivity contribution in [1.82, 2.24) is 20.1 Å². The first-order valence-corrected chi connectivity index (χ1v) is 16.1. The number of rotatable bonds is 8. The molecule has 0 amide bonds. The highest BCUT2D eigenvalue weighted by molar-refractivity contribution is 7.92. The number of nitrogens with one attached hydrogen (secondary N) is 2. The molecule has 2 aliphatic rings. The van der Waals surface area contributed by atoms with Crippen molar-refractivity contribution < 1.29 is 17.5 Å². The molecule has 12 heteroatoms. The van der Waals surface area contributed by atoms with Gasteiger partial charge < -0.3 is 15.8 Å². The molecule has 1 saturated heterocycles. The molecule has 42 heavy (non-hydrogen) atoms. The third-order valence-electron chi connectivity index (χ3n) is 8.16. The first-order chi connectivity index (χ1) is 20.1. The van der Waals surface area contributed by atoms with Crippen LogP contribution in [0.3, 0.4) is 0 Å². The molecule has 2 aromatic heterocycles. The Morgan fingerprint density at radius 3 is 2.48 bits per heavy atom. The van der Waals surface area contributed by atoms with Gasteiger partial charge in [0.15, 0.2) is 0 Å². The standard InChI is InChI=1S/C30H34ClFN6O3S/c1-17(2)38-29-22(18-7-10-20(11-8-18)35-21-15-41-16-21)14-34-30(33)27(29)28(36-38)19-9-12-25(24(32)13-19)37-42(39,40)26-6-4-3-5-23(26)31/h3-6,9,12-14,17-18,20-21,35,37H,7-8,10-11,15-16H2,1-2H3,(H2,33,34)/t18-,20-. The van der Waals surface area contributed by atoms with Crippen molar-refractivity contribution in [3.8, 4) is 11.3 Å². The zero-order valence-corrected chi connectivity index (χ0v) is 25.1. The van der Waals surface area contributed by atoms with Gasteiger partial charge in [0.25, 0.3) is 10.0 Å². The number of sulfonamides is 1. The summed E-state index contributed by atoms with van der Waals surface area (Å²) in [7, 11) is -4.10. The average Bonchev–Trinajstić information content (AvgIpc) is 3.35. The van der Waals surface area contributed by atoms with Gasteiger partial charge in [0, 0.05) is 23.8 Å². The van der Waals surface area contributed by atoms with Gasteiger partial charge in [0.1, 0.15) is 22.2 Å². The lowest BCUT2D eigenvalue weighted by molar-refractivity contribution is -0.0121. The van der Waals surface area contributed by atoms with E-state index in [0.29, 0.717) is 40.5 Å². The topological polar surface area (TPSA) is 124 Å². The number of halogens is 2. The fourth-order valence-electron chi connectivity index (χ4n) is 5.94. The molecule has 222 valence electrons. The molecule has 3 heterocycles. The fourth-order valence-corrected chi connectivity index (χ4v) is 7.52. The van der Waals surface area contributed by atoms with Gasteiger partial charge in [-0.15, -0.1) is 0 Å². The third-order valence-corrected chi connectivity index (χ3v) is 10.0. The van der Waals surface area contributed by atoms with Crippen molar-refractivity contribution in [2.45, 2.75) is 68.5 Å². The van der Waals surface area contributed by atoms with Crippen molar-refractivity contribution in [3.05, 3.63) is 65.1 Å². The molecule has 0 bridgehead atoms. The van der Waals surface area contributed by atoms with Gasteiger partial charge in [0.05, 0.1) is 40.9 Å². The molecule has 0 atom stereocenters. The lowest BCUT2D eigenvalue weighted by Crippen LogP contribution is -2.51. The van der Waals surface area contributed by atoms with E-state index >= 15 is 4.39 Å². The lowest BCUT2D eigenvalue weighted by Gasteiger charge is -2.35. The number of ether oxygens (including phenoxy) is 1. The minimum Gasteiger partial charge on any atom is -0.383 e. The van der Waals surface area contributed by atoms with E-state index < -0.39 is 15.8 Å². The third kappa shape index (κ3) is 5.46. The second-order valence-corrected chi connectivity index (χ2v) is 13.4. The first-order valence-electron chi connectivity index (χ1n) is 14.2. The summed E-state index contributed by atoms with van der Waals surface area (Å²) in [6.45, 7) is 5.66. The number of hydrogen-bond donors (Lipinski definition) is 3. The predicted molar refractivity (Wildman–Crippen MR) is 163 cm³/mol. The number of pyridine rings is 1.